The topological polar surface area (TPSA) is 78.1 Å². The lowest BCUT2D eigenvalue weighted by Crippen LogP contribution is -2.35. The quantitative estimate of drug-likeness (QED) is 0.710. The number of aliphatic imine (C=N–C) groups is 1. The van der Waals surface area contributed by atoms with Crippen LogP contribution >= 0.6 is 0 Å². The van der Waals surface area contributed by atoms with Crippen molar-refractivity contribution in [1.29, 1.82) is 0 Å². The molecule has 31 heavy (non-hydrogen) atoms. The van der Waals surface area contributed by atoms with Crippen molar-refractivity contribution < 1.29 is 31.8 Å². The van der Waals surface area contributed by atoms with Gasteiger partial charge < -0.3 is 25.3 Å². The maximum Gasteiger partial charge on any atom is 0.419 e. The summed E-state index contributed by atoms with van der Waals surface area (Å²) >= 11 is 0. The zero-order chi connectivity index (χ0) is 22.3. The molecule has 2 aliphatic heterocycles. The molecule has 0 bridgehead atoms. The number of ether oxygens (including phenoxy) is 3. The standard InChI is InChI=1S/C21H19F4N3O3/c1-29-10-8-14(30-2)16-15(9-10)31-7-6-12-18(27-20(26)28-19(12)16)11-4-3-5-13(17(11)22)21(23,24)25/h3-5,8-9,18H,6-7H2,1-2H3,(H3,26,27,28). The van der Waals surface area contributed by atoms with Crippen LogP contribution in [0.4, 0.5) is 17.6 Å². The molecule has 1 unspecified atom stereocenters. The van der Waals surface area contributed by atoms with Crippen molar-refractivity contribution in [2.45, 2.75) is 18.6 Å². The van der Waals surface area contributed by atoms with Gasteiger partial charge in [0.15, 0.2) is 5.96 Å². The number of nitrogens with one attached hydrogen (secondary N) is 1. The van der Waals surface area contributed by atoms with E-state index < -0.39 is 23.6 Å². The lowest BCUT2D eigenvalue weighted by Gasteiger charge is -2.27. The third kappa shape index (κ3) is 3.62. The van der Waals surface area contributed by atoms with Crippen molar-refractivity contribution in [3.8, 4) is 17.2 Å². The summed E-state index contributed by atoms with van der Waals surface area (Å²) in [4.78, 5) is 4.22. The van der Waals surface area contributed by atoms with E-state index in [1.807, 2.05) is 0 Å². The molecule has 2 aromatic carbocycles. The molecule has 0 aromatic heterocycles. The molecule has 3 N–H and O–H groups in total. The molecule has 0 saturated carbocycles. The minimum atomic E-state index is -4.83. The van der Waals surface area contributed by atoms with Crippen LogP contribution in [0.15, 0.2) is 40.9 Å². The molecule has 2 aliphatic rings. The Labute approximate surface area is 175 Å². The Bertz CT molecular complexity index is 1100. The van der Waals surface area contributed by atoms with Gasteiger partial charge in [0.2, 0.25) is 0 Å². The van der Waals surface area contributed by atoms with Crippen LogP contribution in [0.1, 0.15) is 29.2 Å². The molecular formula is C21H19F4N3O3. The highest BCUT2D eigenvalue weighted by molar-refractivity contribution is 5.94. The molecule has 164 valence electrons. The Morgan fingerprint density at radius 1 is 1.19 bits per heavy atom. The molecule has 0 saturated heterocycles. The number of nitrogens with zero attached hydrogens (tertiary/aromatic N) is 1. The van der Waals surface area contributed by atoms with Gasteiger partial charge in [-0.1, -0.05) is 12.1 Å². The van der Waals surface area contributed by atoms with Gasteiger partial charge in [-0.3, -0.25) is 0 Å². The molecule has 2 aromatic rings. The van der Waals surface area contributed by atoms with Crippen LogP contribution in [0.3, 0.4) is 0 Å². The molecular weight excluding hydrogens is 418 g/mol. The van der Waals surface area contributed by atoms with Gasteiger partial charge in [-0.25, -0.2) is 9.38 Å². The predicted molar refractivity (Wildman–Crippen MR) is 105 cm³/mol. The molecule has 10 heteroatoms. The van der Waals surface area contributed by atoms with Crippen LogP contribution in [0.2, 0.25) is 0 Å². The number of hydrogen-bond donors (Lipinski definition) is 2. The number of alkyl halides is 3. The Morgan fingerprint density at radius 3 is 2.65 bits per heavy atom. The number of rotatable bonds is 3. The average molecular weight is 437 g/mol. The molecule has 0 aliphatic carbocycles. The van der Waals surface area contributed by atoms with E-state index in [4.69, 9.17) is 19.9 Å². The van der Waals surface area contributed by atoms with E-state index in [0.717, 1.165) is 6.07 Å². The second-order valence-corrected chi connectivity index (χ2v) is 6.95. The number of halogens is 4. The first-order valence-electron chi connectivity index (χ1n) is 9.32. The molecule has 0 radical (unpaired) electrons. The number of hydrogen-bond acceptors (Lipinski definition) is 6. The summed E-state index contributed by atoms with van der Waals surface area (Å²) in [6, 6.07) is 5.38. The fourth-order valence-corrected chi connectivity index (χ4v) is 3.79. The number of nitrogens with two attached hydrogens (primary N) is 1. The van der Waals surface area contributed by atoms with Gasteiger partial charge in [0.05, 0.1) is 37.7 Å². The smallest absolute Gasteiger partial charge is 0.419 e. The van der Waals surface area contributed by atoms with E-state index >= 15 is 0 Å². The van der Waals surface area contributed by atoms with Gasteiger partial charge in [-0.2, -0.15) is 13.2 Å². The zero-order valence-corrected chi connectivity index (χ0v) is 16.6. The summed E-state index contributed by atoms with van der Waals surface area (Å²) in [5.74, 6) is -0.109. The largest absolute Gasteiger partial charge is 0.496 e. The maximum atomic E-state index is 14.9. The van der Waals surface area contributed by atoms with Crippen LogP contribution in [-0.4, -0.2) is 26.8 Å². The minimum absolute atomic E-state index is 0.0636. The first kappa shape index (κ1) is 20.8. The number of fused-ring (bicyclic) bond motifs is 2. The van der Waals surface area contributed by atoms with E-state index in [-0.39, 0.29) is 24.6 Å². The van der Waals surface area contributed by atoms with E-state index in [2.05, 4.69) is 10.3 Å². The van der Waals surface area contributed by atoms with E-state index in [1.54, 1.807) is 12.1 Å². The Kier molecular flexibility index (Phi) is 5.16. The highest BCUT2D eigenvalue weighted by atomic mass is 19.4. The highest BCUT2D eigenvalue weighted by Gasteiger charge is 2.38. The van der Waals surface area contributed by atoms with Crippen molar-refractivity contribution >= 4 is 11.7 Å². The van der Waals surface area contributed by atoms with Gasteiger partial charge in [-0.15, -0.1) is 0 Å². The molecule has 1 atom stereocenters. The van der Waals surface area contributed by atoms with Crippen LogP contribution in [0.5, 0.6) is 17.2 Å². The summed E-state index contributed by atoms with van der Waals surface area (Å²) in [6.45, 7) is 0.191. The lowest BCUT2D eigenvalue weighted by atomic mass is 9.90. The van der Waals surface area contributed by atoms with Gasteiger partial charge in [0.1, 0.15) is 29.1 Å². The normalized spacial score (nSPS) is 18.1. The van der Waals surface area contributed by atoms with Gasteiger partial charge in [-0.05, 0) is 11.6 Å². The number of benzene rings is 2. The monoisotopic (exact) mass is 437 g/mol. The van der Waals surface area contributed by atoms with E-state index in [0.29, 0.717) is 40.1 Å². The summed E-state index contributed by atoms with van der Waals surface area (Å²) < 4.78 is 71.3. The van der Waals surface area contributed by atoms with E-state index in [9.17, 15) is 17.6 Å². The first-order valence-corrected chi connectivity index (χ1v) is 9.32. The molecule has 6 nitrogen and oxygen atoms in total. The zero-order valence-electron chi connectivity index (χ0n) is 16.6. The van der Waals surface area contributed by atoms with Crippen LogP contribution < -0.4 is 25.3 Å². The van der Waals surface area contributed by atoms with Crippen molar-refractivity contribution in [2.75, 3.05) is 20.8 Å². The molecule has 0 fully saturated rings. The molecule has 4 rings (SSSR count). The van der Waals surface area contributed by atoms with Crippen LogP contribution in [0.25, 0.3) is 5.70 Å². The second kappa shape index (κ2) is 7.68. The van der Waals surface area contributed by atoms with Crippen molar-refractivity contribution in [3.05, 3.63) is 58.4 Å². The Morgan fingerprint density at radius 2 is 1.97 bits per heavy atom. The first-order chi connectivity index (χ1) is 14.7. The van der Waals surface area contributed by atoms with Gasteiger partial charge >= 0.3 is 6.18 Å². The maximum absolute atomic E-state index is 14.9. The second-order valence-electron chi connectivity index (χ2n) is 6.95. The SMILES string of the molecule is COc1cc(OC)c2c(c1)OCCC1=C2NC(N)=NC1c1cccc(C(F)(F)F)c1F. The molecule has 2 heterocycles. The Hall–Kier alpha value is -3.43. The van der Waals surface area contributed by atoms with Crippen molar-refractivity contribution in [2.24, 2.45) is 10.7 Å². The third-order valence-electron chi connectivity index (χ3n) is 5.18. The number of guanidine groups is 1. The van der Waals surface area contributed by atoms with Gasteiger partial charge in [0, 0.05) is 24.1 Å². The van der Waals surface area contributed by atoms with Crippen LogP contribution in [-0.2, 0) is 6.18 Å². The Balaban J connectivity index is 1.93. The average Bonchev–Trinajstić information content (AvgIpc) is 2.91. The van der Waals surface area contributed by atoms with Crippen LogP contribution in [0, 0.1) is 5.82 Å². The molecule has 0 amide bonds. The van der Waals surface area contributed by atoms with E-state index in [1.165, 1.54) is 20.3 Å². The summed E-state index contributed by atoms with van der Waals surface area (Å²) in [5.41, 5.74) is 5.88. The fraction of sp³-hybridized carbons (Fsp3) is 0.286. The summed E-state index contributed by atoms with van der Waals surface area (Å²) in [6.07, 6.45) is -4.56. The summed E-state index contributed by atoms with van der Waals surface area (Å²) in [7, 11) is 2.96. The van der Waals surface area contributed by atoms with Crippen molar-refractivity contribution in [1.82, 2.24) is 5.32 Å². The highest BCUT2D eigenvalue weighted by Crippen LogP contribution is 2.46. The van der Waals surface area contributed by atoms with Gasteiger partial charge in [0.25, 0.3) is 0 Å². The predicted octanol–water partition coefficient (Wildman–Crippen LogP) is 4.01. The fourth-order valence-electron chi connectivity index (χ4n) is 3.79. The summed E-state index contributed by atoms with van der Waals surface area (Å²) in [5, 5.41) is 2.95. The minimum Gasteiger partial charge on any atom is -0.496 e. The number of methoxy groups -OCH3 is 2. The third-order valence-corrected chi connectivity index (χ3v) is 5.18. The molecule has 0 spiro atoms. The lowest BCUT2D eigenvalue weighted by molar-refractivity contribution is -0.140. The van der Waals surface area contributed by atoms with Crippen molar-refractivity contribution in [3.63, 3.8) is 0 Å².